The first-order valence-corrected chi connectivity index (χ1v) is 9.94. The molecule has 0 unspecified atom stereocenters. The molecule has 27 heavy (non-hydrogen) atoms. The molecule has 10 heteroatoms. The van der Waals surface area contributed by atoms with Crippen LogP contribution in [0.1, 0.15) is 5.56 Å². The van der Waals surface area contributed by atoms with E-state index in [4.69, 9.17) is 33.7 Å². The number of nitrogens with zero attached hydrogens (tertiary/aromatic N) is 2. The lowest BCUT2D eigenvalue weighted by atomic mass is 10.0. The van der Waals surface area contributed by atoms with Gasteiger partial charge in [-0.05, 0) is 17.5 Å². The first kappa shape index (κ1) is 21.4. The summed E-state index contributed by atoms with van der Waals surface area (Å²) in [4.78, 5) is 12.6. The fraction of sp³-hybridized carbons (Fsp3) is 0.294. The van der Waals surface area contributed by atoms with Gasteiger partial charge in [0.15, 0.2) is 0 Å². The predicted molar refractivity (Wildman–Crippen MR) is 108 cm³/mol. The van der Waals surface area contributed by atoms with Crippen LogP contribution in [0.4, 0.5) is 0 Å². The molecule has 0 aliphatic carbocycles. The average Bonchev–Trinajstić information content (AvgIpc) is 2.59. The minimum atomic E-state index is -3.79. The van der Waals surface area contributed by atoms with E-state index >= 15 is 0 Å². The van der Waals surface area contributed by atoms with Crippen LogP contribution in [0.2, 0.25) is 5.02 Å². The number of hydrogen-bond acceptors (Lipinski definition) is 5. The third-order valence-electron chi connectivity index (χ3n) is 3.94. The van der Waals surface area contributed by atoms with Gasteiger partial charge in [-0.2, -0.15) is 0 Å². The summed E-state index contributed by atoms with van der Waals surface area (Å²) in [5.41, 5.74) is 0.449. The number of thiocarbonyl (C=S) groups is 1. The maximum Gasteiger partial charge on any atom is 0.323 e. The number of fused-ring (bicyclic) bond motifs is 1. The van der Waals surface area contributed by atoms with E-state index in [0.717, 1.165) is 4.31 Å². The summed E-state index contributed by atoms with van der Waals surface area (Å²) < 4.78 is 32.0. The van der Waals surface area contributed by atoms with Gasteiger partial charge < -0.3 is 14.7 Å². The second-order valence-corrected chi connectivity index (χ2v) is 8.87. The van der Waals surface area contributed by atoms with Gasteiger partial charge in [-0.15, -0.1) is 0 Å². The van der Waals surface area contributed by atoms with Crippen molar-refractivity contribution >= 4 is 55.6 Å². The van der Waals surface area contributed by atoms with Crippen LogP contribution in [0.3, 0.4) is 0 Å². The molecule has 0 aliphatic heterocycles. The molecule has 0 bridgehead atoms. The van der Waals surface area contributed by atoms with Gasteiger partial charge in [0.2, 0.25) is 10.0 Å². The number of benzene rings is 2. The number of likely N-dealkylation sites (N-methyl/N-ethyl adjacent to an activating group) is 1. The molecule has 0 amide bonds. The molecule has 7 nitrogen and oxygen atoms in total. The number of carboxylic acids is 1. The highest BCUT2D eigenvalue weighted by molar-refractivity contribution is 7.89. The minimum Gasteiger partial charge on any atom is -0.494 e. The largest absolute Gasteiger partial charge is 0.494 e. The molecule has 0 radical (unpaired) electrons. The SMILES string of the molecule is COc1c(Cl)cc(C(=S)N(C)CC(=O)O)c2cccc(S(=O)(=O)N(C)C)c12. The predicted octanol–water partition coefficient (Wildman–Crippen LogP) is 2.44. The van der Waals surface area contributed by atoms with Crippen molar-refractivity contribution < 1.29 is 23.1 Å². The van der Waals surface area contributed by atoms with Crippen molar-refractivity contribution in [2.24, 2.45) is 0 Å². The Labute approximate surface area is 168 Å². The van der Waals surface area contributed by atoms with E-state index in [1.807, 2.05) is 0 Å². The number of carbonyl (C=O) groups is 1. The Morgan fingerprint density at radius 2 is 1.93 bits per heavy atom. The van der Waals surface area contributed by atoms with Crippen LogP contribution in [0.5, 0.6) is 5.75 Å². The molecule has 0 atom stereocenters. The molecule has 146 valence electrons. The van der Waals surface area contributed by atoms with Crippen molar-refractivity contribution in [2.45, 2.75) is 4.90 Å². The van der Waals surface area contributed by atoms with Gasteiger partial charge in [0.05, 0.1) is 17.0 Å². The van der Waals surface area contributed by atoms with E-state index in [-0.39, 0.29) is 27.2 Å². The number of methoxy groups -OCH3 is 1. The molecule has 0 spiro atoms. The molecule has 2 aromatic rings. The zero-order valence-electron chi connectivity index (χ0n) is 15.2. The van der Waals surface area contributed by atoms with Crippen LogP contribution in [0, 0.1) is 0 Å². The van der Waals surface area contributed by atoms with Gasteiger partial charge in [-0.25, -0.2) is 12.7 Å². The van der Waals surface area contributed by atoms with Crippen molar-refractivity contribution in [2.75, 3.05) is 34.8 Å². The molecule has 2 aromatic carbocycles. The summed E-state index contributed by atoms with van der Waals surface area (Å²) in [5.74, 6) is -0.834. The lowest BCUT2D eigenvalue weighted by molar-refractivity contribution is -0.137. The van der Waals surface area contributed by atoms with Gasteiger partial charge in [0.1, 0.15) is 17.3 Å². The highest BCUT2D eigenvalue weighted by Gasteiger charge is 2.26. The monoisotopic (exact) mass is 430 g/mol. The normalized spacial score (nSPS) is 11.6. The van der Waals surface area contributed by atoms with E-state index in [2.05, 4.69) is 0 Å². The van der Waals surface area contributed by atoms with Crippen LogP contribution in [-0.2, 0) is 14.8 Å². The number of hydrogen-bond donors (Lipinski definition) is 1. The Balaban J connectivity index is 2.88. The standard InChI is InChI=1S/C17H19ClN2O5S2/c1-19(2)27(23,24)13-7-5-6-10-11(17(26)20(3)9-14(21)22)8-12(18)16(25-4)15(10)13/h5-8H,9H2,1-4H3,(H,21,22). The maximum atomic E-state index is 12.8. The molecular weight excluding hydrogens is 412 g/mol. The Kier molecular flexibility index (Phi) is 6.31. The number of rotatable bonds is 6. The van der Waals surface area contributed by atoms with Crippen molar-refractivity contribution in [3.05, 3.63) is 34.9 Å². The molecule has 0 aromatic heterocycles. The van der Waals surface area contributed by atoms with E-state index < -0.39 is 16.0 Å². The first-order valence-electron chi connectivity index (χ1n) is 7.71. The summed E-state index contributed by atoms with van der Waals surface area (Å²) in [6.07, 6.45) is 0. The Morgan fingerprint density at radius 3 is 2.44 bits per heavy atom. The number of sulfonamides is 1. The number of ether oxygens (including phenoxy) is 1. The summed E-state index contributed by atoms with van der Waals surface area (Å²) in [6, 6.07) is 6.30. The smallest absolute Gasteiger partial charge is 0.323 e. The number of carboxylic acid groups (broad SMARTS) is 1. The average molecular weight is 431 g/mol. The number of aliphatic carboxylic acids is 1. The van der Waals surface area contributed by atoms with E-state index in [9.17, 15) is 13.2 Å². The zero-order valence-corrected chi connectivity index (χ0v) is 17.6. The second kappa shape index (κ2) is 7.97. The van der Waals surface area contributed by atoms with E-state index in [0.29, 0.717) is 16.3 Å². The fourth-order valence-corrected chi connectivity index (χ4v) is 4.27. The Hall–Kier alpha value is -1.94. The van der Waals surface area contributed by atoms with Gasteiger partial charge in [0, 0.05) is 32.1 Å². The van der Waals surface area contributed by atoms with Crippen molar-refractivity contribution in [3.63, 3.8) is 0 Å². The quantitative estimate of drug-likeness (QED) is 0.704. The summed E-state index contributed by atoms with van der Waals surface area (Å²) in [7, 11) is 2.00. The van der Waals surface area contributed by atoms with Crippen LogP contribution in [-0.4, -0.2) is 68.5 Å². The minimum absolute atomic E-state index is 0.0225. The highest BCUT2D eigenvalue weighted by atomic mass is 35.5. The molecule has 1 N–H and O–H groups in total. The van der Waals surface area contributed by atoms with Crippen LogP contribution in [0.25, 0.3) is 10.8 Å². The van der Waals surface area contributed by atoms with Gasteiger partial charge in [-0.1, -0.05) is 36.0 Å². The van der Waals surface area contributed by atoms with Crippen molar-refractivity contribution in [1.29, 1.82) is 0 Å². The van der Waals surface area contributed by atoms with Crippen molar-refractivity contribution in [3.8, 4) is 5.75 Å². The summed E-state index contributed by atoms with van der Waals surface area (Å²) in [6.45, 7) is -0.306. The Bertz CT molecular complexity index is 1020. The second-order valence-electron chi connectivity index (χ2n) is 5.96. The summed E-state index contributed by atoms with van der Waals surface area (Å²) >= 11 is 11.8. The topological polar surface area (TPSA) is 87.1 Å². The molecular formula is C17H19ClN2O5S2. The third-order valence-corrected chi connectivity index (χ3v) is 6.61. The van der Waals surface area contributed by atoms with E-state index in [1.165, 1.54) is 32.2 Å². The molecule has 0 saturated carbocycles. The van der Waals surface area contributed by atoms with Crippen LogP contribution < -0.4 is 4.74 Å². The number of halogens is 1. The van der Waals surface area contributed by atoms with Crippen LogP contribution >= 0.6 is 23.8 Å². The Morgan fingerprint density at radius 1 is 1.30 bits per heavy atom. The fourth-order valence-electron chi connectivity index (χ4n) is 2.65. The highest BCUT2D eigenvalue weighted by Crippen LogP contribution is 2.40. The van der Waals surface area contributed by atoms with Gasteiger partial charge in [-0.3, -0.25) is 4.79 Å². The lowest BCUT2D eigenvalue weighted by Gasteiger charge is -2.22. The lowest BCUT2D eigenvalue weighted by Crippen LogP contribution is -2.31. The zero-order chi connectivity index (χ0) is 20.5. The third kappa shape index (κ3) is 4.01. The molecule has 0 heterocycles. The molecule has 0 fully saturated rings. The van der Waals surface area contributed by atoms with E-state index in [1.54, 1.807) is 25.2 Å². The molecule has 0 aliphatic rings. The van der Waals surface area contributed by atoms with Gasteiger partial charge in [0.25, 0.3) is 0 Å². The van der Waals surface area contributed by atoms with Crippen LogP contribution in [0.15, 0.2) is 29.2 Å². The summed E-state index contributed by atoms with van der Waals surface area (Å²) in [5, 5.41) is 9.98. The van der Waals surface area contributed by atoms with Gasteiger partial charge >= 0.3 is 5.97 Å². The first-order chi connectivity index (χ1) is 12.5. The van der Waals surface area contributed by atoms with Crippen molar-refractivity contribution in [1.82, 2.24) is 9.21 Å². The maximum absolute atomic E-state index is 12.8. The molecule has 0 saturated heterocycles. The molecule has 2 rings (SSSR count).